The lowest BCUT2D eigenvalue weighted by Gasteiger charge is -2.26. The molecule has 0 aliphatic heterocycles. The fourth-order valence-corrected chi connectivity index (χ4v) is 2.51. The van der Waals surface area contributed by atoms with E-state index in [4.69, 9.17) is 15.9 Å². The quantitative estimate of drug-likeness (QED) is 0.573. The first kappa shape index (κ1) is 18.9. The summed E-state index contributed by atoms with van der Waals surface area (Å²) in [5, 5.41) is 19.2. The van der Waals surface area contributed by atoms with Gasteiger partial charge in [0.25, 0.3) is 0 Å². The summed E-state index contributed by atoms with van der Waals surface area (Å²) in [6.07, 6.45) is 4.36. The maximum atomic E-state index is 9.75. The molecule has 0 aliphatic carbocycles. The van der Waals surface area contributed by atoms with Gasteiger partial charge < -0.3 is 19.7 Å². The van der Waals surface area contributed by atoms with Gasteiger partial charge in [0.1, 0.15) is 30.8 Å². The summed E-state index contributed by atoms with van der Waals surface area (Å²) in [6, 6.07) is 15.0. The van der Waals surface area contributed by atoms with Crippen molar-refractivity contribution in [1.82, 2.24) is 0 Å². The van der Waals surface area contributed by atoms with Gasteiger partial charge in [0.2, 0.25) is 0 Å². The van der Waals surface area contributed by atoms with Crippen LogP contribution >= 0.6 is 0 Å². The molecule has 2 aromatic rings. The Labute approximate surface area is 149 Å². The van der Waals surface area contributed by atoms with Crippen LogP contribution in [0.2, 0.25) is 0 Å². The van der Waals surface area contributed by atoms with Crippen molar-refractivity contribution in [2.45, 2.75) is 25.4 Å². The van der Waals surface area contributed by atoms with Crippen molar-refractivity contribution < 1.29 is 19.7 Å². The molecule has 0 fully saturated rings. The summed E-state index contributed by atoms with van der Waals surface area (Å²) < 4.78 is 10.6. The SMILES string of the molecule is C#CCOC[C@H](O)COc1ccc(C(C)(C)c2ccc(O)cc2)cc1. The maximum absolute atomic E-state index is 9.75. The standard InChI is InChI=1S/C21H24O4/c1-4-13-24-14-19(23)15-25-20-11-7-17(8-12-20)21(2,3)16-5-9-18(22)10-6-16/h1,5-12,19,22-23H,13-15H2,2-3H3/t19-/m0/s1. The lowest BCUT2D eigenvalue weighted by atomic mass is 9.78. The minimum Gasteiger partial charge on any atom is -0.508 e. The molecule has 0 saturated carbocycles. The van der Waals surface area contributed by atoms with Crippen molar-refractivity contribution in [3.8, 4) is 23.8 Å². The summed E-state index contributed by atoms with van der Waals surface area (Å²) in [5.74, 6) is 3.28. The van der Waals surface area contributed by atoms with Crippen LogP contribution in [0.4, 0.5) is 0 Å². The third-order valence-corrected chi connectivity index (χ3v) is 4.10. The van der Waals surface area contributed by atoms with Gasteiger partial charge in [-0.1, -0.05) is 44.0 Å². The number of phenolic OH excluding ortho intramolecular Hbond substituents is 1. The van der Waals surface area contributed by atoms with Crippen LogP contribution in [0.3, 0.4) is 0 Å². The number of hydrogen-bond acceptors (Lipinski definition) is 4. The van der Waals surface area contributed by atoms with Gasteiger partial charge in [0.15, 0.2) is 0 Å². The number of aliphatic hydroxyl groups excluding tert-OH is 1. The van der Waals surface area contributed by atoms with Crippen molar-refractivity contribution >= 4 is 0 Å². The molecule has 2 N–H and O–H groups in total. The molecule has 2 aromatic carbocycles. The zero-order chi connectivity index (χ0) is 18.3. The normalized spacial score (nSPS) is 12.4. The number of ether oxygens (including phenoxy) is 2. The Morgan fingerprint density at radius 3 is 2.12 bits per heavy atom. The molecule has 0 unspecified atom stereocenters. The molecule has 0 saturated heterocycles. The van der Waals surface area contributed by atoms with Gasteiger partial charge >= 0.3 is 0 Å². The molecule has 132 valence electrons. The van der Waals surface area contributed by atoms with Crippen molar-refractivity contribution in [2.24, 2.45) is 0 Å². The van der Waals surface area contributed by atoms with E-state index in [1.54, 1.807) is 12.1 Å². The molecule has 4 nitrogen and oxygen atoms in total. The van der Waals surface area contributed by atoms with E-state index in [2.05, 4.69) is 19.8 Å². The van der Waals surface area contributed by atoms with Gasteiger partial charge in [0, 0.05) is 5.41 Å². The molecule has 0 spiro atoms. The Hall–Kier alpha value is -2.48. The van der Waals surface area contributed by atoms with Gasteiger partial charge in [-0.3, -0.25) is 0 Å². The van der Waals surface area contributed by atoms with E-state index in [1.807, 2.05) is 36.4 Å². The molecule has 4 heteroatoms. The highest BCUT2D eigenvalue weighted by molar-refractivity contribution is 5.41. The Morgan fingerprint density at radius 2 is 1.56 bits per heavy atom. The largest absolute Gasteiger partial charge is 0.508 e. The number of terminal acetylenes is 1. The van der Waals surface area contributed by atoms with E-state index in [9.17, 15) is 10.2 Å². The molecule has 0 aromatic heterocycles. The second kappa shape index (κ2) is 8.57. The third-order valence-electron chi connectivity index (χ3n) is 4.10. The topological polar surface area (TPSA) is 58.9 Å². The lowest BCUT2D eigenvalue weighted by Crippen LogP contribution is -2.23. The fraction of sp³-hybridized carbons (Fsp3) is 0.333. The van der Waals surface area contributed by atoms with Gasteiger partial charge in [-0.2, -0.15) is 0 Å². The predicted octanol–water partition coefficient (Wildman–Crippen LogP) is 3.11. The molecule has 0 heterocycles. The summed E-state index contributed by atoms with van der Waals surface area (Å²) in [4.78, 5) is 0. The van der Waals surface area contributed by atoms with Crippen LogP contribution < -0.4 is 4.74 Å². The predicted molar refractivity (Wildman–Crippen MR) is 97.8 cm³/mol. The second-order valence-electron chi connectivity index (χ2n) is 6.38. The van der Waals surface area contributed by atoms with E-state index in [0.717, 1.165) is 11.1 Å². The van der Waals surface area contributed by atoms with Gasteiger partial charge in [0.05, 0.1) is 6.61 Å². The number of phenols is 1. The number of hydrogen-bond donors (Lipinski definition) is 2. The number of rotatable bonds is 8. The number of aliphatic hydroxyl groups is 1. The van der Waals surface area contributed by atoms with Gasteiger partial charge in [-0.15, -0.1) is 6.42 Å². The lowest BCUT2D eigenvalue weighted by molar-refractivity contribution is 0.0229. The van der Waals surface area contributed by atoms with E-state index in [0.29, 0.717) is 5.75 Å². The van der Waals surface area contributed by atoms with Crippen molar-refractivity contribution in [1.29, 1.82) is 0 Å². The van der Waals surface area contributed by atoms with Crippen LogP contribution in [0, 0.1) is 12.3 Å². The van der Waals surface area contributed by atoms with Crippen LogP contribution in [0.5, 0.6) is 11.5 Å². The maximum Gasteiger partial charge on any atom is 0.119 e. The highest BCUT2D eigenvalue weighted by Gasteiger charge is 2.23. The molecule has 0 aliphatic rings. The van der Waals surface area contributed by atoms with Crippen LogP contribution in [0.15, 0.2) is 48.5 Å². The average molecular weight is 340 g/mol. The highest BCUT2D eigenvalue weighted by atomic mass is 16.5. The molecule has 0 amide bonds. The van der Waals surface area contributed by atoms with E-state index >= 15 is 0 Å². The minimum absolute atomic E-state index is 0.144. The third kappa shape index (κ3) is 5.25. The summed E-state index contributed by atoms with van der Waals surface area (Å²) in [7, 11) is 0. The molecule has 0 bridgehead atoms. The van der Waals surface area contributed by atoms with Crippen LogP contribution in [0.1, 0.15) is 25.0 Å². The van der Waals surface area contributed by atoms with Crippen molar-refractivity contribution in [3.63, 3.8) is 0 Å². The summed E-state index contributed by atoms with van der Waals surface area (Å²) in [6.45, 7) is 4.73. The second-order valence-corrected chi connectivity index (χ2v) is 6.38. The fourth-order valence-electron chi connectivity index (χ4n) is 2.51. The molecular formula is C21H24O4. The van der Waals surface area contributed by atoms with Gasteiger partial charge in [-0.05, 0) is 35.4 Å². The first-order valence-corrected chi connectivity index (χ1v) is 8.15. The van der Waals surface area contributed by atoms with Crippen LogP contribution in [0.25, 0.3) is 0 Å². The van der Waals surface area contributed by atoms with Crippen LogP contribution in [-0.4, -0.2) is 36.1 Å². The van der Waals surface area contributed by atoms with Crippen molar-refractivity contribution in [2.75, 3.05) is 19.8 Å². The van der Waals surface area contributed by atoms with E-state index < -0.39 is 6.10 Å². The molecular weight excluding hydrogens is 316 g/mol. The smallest absolute Gasteiger partial charge is 0.119 e. The first-order chi connectivity index (χ1) is 11.9. The highest BCUT2D eigenvalue weighted by Crippen LogP contribution is 2.33. The molecule has 25 heavy (non-hydrogen) atoms. The van der Waals surface area contributed by atoms with Crippen molar-refractivity contribution in [3.05, 3.63) is 59.7 Å². The molecule has 2 rings (SSSR count). The Bertz CT molecular complexity index is 696. The Kier molecular flexibility index (Phi) is 6.46. The Morgan fingerprint density at radius 1 is 1.00 bits per heavy atom. The van der Waals surface area contributed by atoms with Crippen LogP contribution in [-0.2, 0) is 10.2 Å². The average Bonchev–Trinajstić information content (AvgIpc) is 2.61. The van der Waals surface area contributed by atoms with Gasteiger partial charge in [-0.25, -0.2) is 0 Å². The monoisotopic (exact) mass is 340 g/mol. The first-order valence-electron chi connectivity index (χ1n) is 8.15. The molecule has 1 atom stereocenters. The zero-order valence-electron chi connectivity index (χ0n) is 14.6. The Balaban J connectivity index is 1.97. The number of benzene rings is 2. The number of aromatic hydroxyl groups is 1. The molecule has 0 radical (unpaired) electrons. The summed E-state index contributed by atoms with van der Waals surface area (Å²) in [5.41, 5.74) is 2.04. The summed E-state index contributed by atoms with van der Waals surface area (Å²) >= 11 is 0. The van der Waals surface area contributed by atoms with E-state index in [1.165, 1.54) is 0 Å². The zero-order valence-corrected chi connectivity index (χ0v) is 14.6. The minimum atomic E-state index is -0.721. The van der Waals surface area contributed by atoms with E-state index in [-0.39, 0.29) is 31.0 Å².